The van der Waals surface area contributed by atoms with Gasteiger partial charge in [0.15, 0.2) is 5.78 Å². The molecule has 7 heteroatoms. The number of fused-ring (bicyclic) bond motifs is 2. The zero-order chi connectivity index (χ0) is 20.1. The van der Waals surface area contributed by atoms with Crippen LogP contribution < -0.4 is 4.74 Å². The van der Waals surface area contributed by atoms with E-state index < -0.39 is 21.6 Å². The van der Waals surface area contributed by atoms with Crippen LogP contribution in [0.15, 0.2) is 70.5 Å². The normalized spacial score (nSPS) is 14.1. The Morgan fingerprint density at radius 1 is 0.929 bits per heavy atom. The van der Waals surface area contributed by atoms with Crippen molar-refractivity contribution in [2.45, 2.75) is 16.7 Å². The van der Waals surface area contributed by atoms with Gasteiger partial charge in [-0.25, -0.2) is 13.2 Å². The van der Waals surface area contributed by atoms with Crippen molar-refractivity contribution >= 4 is 33.2 Å². The molecule has 0 fully saturated rings. The molecule has 1 heterocycles. The highest BCUT2D eigenvalue weighted by atomic mass is 35.5. The Labute approximate surface area is 166 Å². The lowest BCUT2D eigenvalue weighted by Crippen LogP contribution is -2.21. The molecule has 5 nitrogen and oxygen atoms in total. The Kier molecular flexibility index (Phi) is 4.33. The number of hydrogen-bond donors (Lipinski definition) is 0. The van der Waals surface area contributed by atoms with Gasteiger partial charge in [-0.1, -0.05) is 23.7 Å². The number of carbonyl (C=O) groups is 2. The van der Waals surface area contributed by atoms with E-state index in [0.29, 0.717) is 16.3 Å². The average molecular weight is 413 g/mol. The van der Waals surface area contributed by atoms with Gasteiger partial charge in [0.05, 0.1) is 15.4 Å². The van der Waals surface area contributed by atoms with Crippen molar-refractivity contribution in [3.05, 3.63) is 87.9 Å². The molecule has 0 atom stereocenters. The zero-order valence-corrected chi connectivity index (χ0v) is 16.2. The highest BCUT2D eigenvalue weighted by molar-refractivity contribution is 7.91. The monoisotopic (exact) mass is 412 g/mol. The highest BCUT2D eigenvalue weighted by Gasteiger charge is 2.35. The molecule has 0 aromatic heterocycles. The Balaban J connectivity index is 1.76. The third kappa shape index (κ3) is 2.91. The van der Waals surface area contributed by atoms with Crippen molar-refractivity contribution in [1.29, 1.82) is 0 Å². The number of ketones is 1. The second-order valence-electron chi connectivity index (χ2n) is 6.34. The molecule has 0 unspecified atom stereocenters. The van der Waals surface area contributed by atoms with Crippen LogP contribution >= 0.6 is 11.6 Å². The van der Waals surface area contributed by atoms with Crippen LogP contribution in [0.4, 0.5) is 0 Å². The first kappa shape index (κ1) is 18.4. The van der Waals surface area contributed by atoms with Crippen LogP contribution in [0.5, 0.6) is 5.75 Å². The fourth-order valence-electron chi connectivity index (χ4n) is 3.10. The van der Waals surface area contributed by atoms with Crippen molar-refractivity contribution in [2.75, 3.05) is 0 Å². The van der Waals surface area contributed by atoms with Crippen LogP contribution in [0.3, 0.4) is 0 Å². The minimum atomic E-state index is -3.92. The maximum atomic E-state index is 12.9. The van der Waals surface area contributed by atoms with Crippen LogP contribution in [0.25, 0.3) is 0 Å². The number of ether oxygens (including phenoxy) is 1. The number of esters is 1. The molecule has 0 radical (unpaired) electrons. The van der Waals surface area contributed by atoms with Gasteiger partial charge in [0, 0.05) is 16.1 Å². The Morgan fingerprint density at radius 2 is 1.64 bits per heavy atom. The molecule has 0 spiro atoms. The molecule has 28 heavy (non-hydrogen) atoms. The fourth-order valence-corrected chi connectivity index (χ4v) is 5.00. The summed E-state index contributed by atoms with van der Waals surface area (Å²) in [6.07, 6.45) is 0. The quantitative estimate of drug-likeness (QED) is 0.363. The molecule has 0 saturated carbocycles. The average Bonchev–Trinajstić information content (AvgIpc) is 2.68. The summed E-state index contributed by atoms with van der Waals surface area (Å²) in [4.78, 5) is 24.9. The Hall–Kier alpha value is -2.96. The molecular weight excluding hydrogens is 400 g/mol. The number of carbonyl (C=O) groups excluding carboxylic acids is 2. The van der Waals surface area contributed by atoms with Crippen LogP contribution in [0.1, 0.15) is 31.8 Å². The second kappa shape index (κ2) is 6.58. The van der Waals surface area contributed by atoms with E-state index in [1.54, 1.807) is 37.3 Å². The lowest BCUT2D eigenvalue weighted by atomic mass is 10.0. The van der Waals surface area contributed by atoms with Gasteiger partial charge in [0.2, 0.25) is 9.84 Å². The van der Waals surface area contributed by atoms with Crippen LogP contribution in [0, 0.1) is 6.92 Å². The Bertz CT molecular complexity index is 1260. The minimum Gasteiger partial charge on any atom is -0.423 e. The molecule has 0 bridgehead atoms. The van der Waals surface area contributed by atoms with Crippen molar-refractivity contribution in [1.82, 2.24) is 0 Å². The Morgan fingerprint density at radius 3 is 2.39 bits per heavy atom. The third-order valence-corrected chi connectivity index (χ3v) is 6.60. The molecule has 0 N–H and O–H groups in total. The summed E-state index contributed by atoms with van der Waals surface area (Å²) in [6, 6.07) is 14.7. The predicted molar refractivity (Wildman–Crippen MR) is 103 cm³/mol. The van der Waals surface area contributed by atoms with Gasteiger partial charge >= 0.3 is 5.97 Å². The smallest absolute Gasteiger partial charge is 0.343 e. The van der Waals surface area contributed by atoms with Crippen molar-refractivity contribution in [3.8, 4) is 5.75 Å². The van der Waals surface area contributed by atoms with Crippen LogP contribution in [-0.4, -0.2) is 20.2 Å². The van der Waals surface area contributed by atoms with Gasteiger partial charge in [-0.2, -0.15) is 0 Å². The van der Waals surface area contributed by atoms with E-state index in [1.165, 1.54) is 30.3 Å². The van der Waals surface area contributed by atoms with E-state index in [-0.39, 0.29) is 26.5 Å². The lowest BCUT2D eigenvalue weighted by molar-refractivity contribution is 0.0732. The first-order valence-electron chi connectivity index (χ1n) is 8.30. The first-order chi connectivity index (χ1) is 13.3. The van der Waals surface area contributed by atoms with Gasteiger partial charge in [0.25, 0.3) is 0 Å². The molecule has 1 aliphatic rings. The van der Waals surface area contributed by atoms with E-state index >= 15 is 0 Å². The van der Waals surface area contributed by atoms with Crippen LogP contribution in [-0.2, 0) is 9.84 Å². The predicted octanol–water partition coefficient (Wildman–Crippen LogP) is 4.24. The van der Waals surface area contributed by atoms with Gasteiger partial charge in [-0.05, 0) is 61.0 Å². The fraction of sp³-hybridized carbons (Fsp3) is 0.0476. The summed E-state index contributed by atoms with van der Waals surface area (Å²) >= 11 is 5.90. The summed E-state index contributed by atoms with van der Waals surface area (Å²) in [7, 11) is -3.92. The first-order valence-corrected chi connectivity index (χ1v) is 10.2. The number of halogens is 1. The summed E-state index contributed by atoms with van der Waals surface area (Å²) in [5.74, 6) is -0.806. The van der Waals surface area contributed by atoms with E-state index in [9.17, 15) is 18.0 Å². The van der Waals surface area contributed by atoms with E-state index in [4.69, 9.17) is 16.3 Å². The maximum absolute atomic E-state index is 12.9. The maximum Gasteiger partial charge on any atom is 0.343 e. The standard InChI is InChI=1S/C21H13ClO5S/c1-12-10-14(22)7-9-17(12)27-21(24)13-6-8-16-19(11-13)28(25,26)18-5-3-2-4-15(18)20(16)23/h2-11H,1H3. The molecule has 0 amide bonds. The van der Waals surface area contributed by atoms with Gasteiger partial charge in [-0.15, -0.1) is 0 Å². The van der Waals surface area contributed by atoms with E-state index in [2.05, 4.69) is 0 Å². The summed E-state index contributed by atoms with van der Waals surface area (Å²) in [5, 5.41) is 0.509. The largest absolute Gasteiger partial charge is 0.423 e. The van der Waals surface area contributed by atoms with Crippen molar-refractivity contribution < 1.29 is 22.7 Å². The SMILES string of the molecule is Cc1cc(Cl)ccc1OC(=O)c1ccc2c(c1)S(=O)(=O)c1ccccc1C2=O. The zero-order valence-electron chi connectivity index (χ0n) is 14.6. The van der Waals surface area contributed by atoms with Crippen LogP contribution in [0.2, 0.25) is 5.02 Å². The number of hydrogen-bond acceptors (Lipinski definition) is 5. The molecule has 3 aromatic carbocycles. The molecule has 4 rings (SSSR count). The molecule has 140 valence electrons. The summed E-state index contributed by atoms with van der Waals surface area (Å²) in [5.41, 5.74) is 0.861. The van der Waals surface area contributed by atoms with Crippen molar-refractivity contribution in [3.63, 3.8) is 0 Å². The number of aryl methyl sites for hydroxylation is 1. The lowest BCUT2D eigenvalue weighted by Gasteiger charge is -2.19. The molecule has 3 aromatic rings. The summed E-state index contributed by atoms with van der Waals surface area (Å²) in [6.45, 7) is 1.74. The highest BCUT2D eigenvalue weighted by Crippen LogP contribution is 2.35. The third-order valence-electron chi connectivity index (χ3n) is 4.51. The number of sulfone groups is 1. The molecular formula is C21H13ClO5S. The summed E-state index contributed by atoms with van der Waals surface area (Å²) < 4.78 is 31.3. The number of rotatable bonds is 2. The van der Waals surface area contributed by atoms with Gasteiger partial charge in [0.1, 0.15) is 5.75 Å². The molecule has 0 aliphatic carbocycles. The van der Waals surface area contributed by atoms with E-state index in [0.717, 1.165) is 0 Å². The van der Waals surface area contributed by atoms with Gasteiger partial charge in [-0.3, -0.25) is 4.79 Å². The van der Waals surface area contributed by atoms with Crippen molar-refractivity contribution in [2.24, 2.45) is 0 Å². The molecule has 0 saturated heterocycles. The van der Waals surface area contributed by atoms with E-state index in [1.807, 2.05) is 0 Å². The topological polar surface area (TPSA) is 77.5 Å². The molecule has 1 aliphatic heterocycles. The van der Waals surface area contributed by atoms with Gasteiger partial charge < -0.3 is 4.74 Å². The minimum absolute atomic E-state index is 0.0313. The number of benzene rings is 3. The second-order valence-corrected chi connectivity index (χ2v) is 8.66.